The van der Waals surface area contributed by atoms with Gasteiger partial charge in [0.2, 0.25) is 0 Å². The Kier molecular flexibility index (Phi) is 9.68. The minimum Gasteiger partial charge on any atom is -0.497 e. The number of nitrogens with zero attached hydrogens (tertiary/aromatic N) is 2. The first kappa shape index (κ1) is 31.5. The lowest BCUT2D eigenvalue weighted by Crippen LogP contribution is -2.40. The van der Waals surface area contributed by atoms with E-state index in [1.54, 1.807) is 69.5 Å². The Balaban J connectivity index is 1.58. The summed E-state index contributed by atoms with van der Waals surface area (Å²) in [7, 11) is 3.07. The molecule has 0 fully saturated rings. The average molecular weight is 633 g/mol. The van der Waals surface area contributed by atoms with Crippen molar-refractivity contribution in [2.45, 2.75) is 33.4 Å². The molecule has 4 aromatic rings. The fourth-order valence-electron chi connectivity index (χ4n) is 5.03. The Labute approximate surface area is 263 Å². The SMILES string of the molecule is CCOC(=O)C1=C(C)N=c2sc(=Cc3ccc(OCc4ccc(F)cc4)c(OCC)c3)c(=O)n2C1c1ccc(OC)cc1OC. The van der Waals surface area contributed by atoms with Crippen molar-refractivity contribution >= 4 is 23.4 Å². The zero-order valence-corrected chi connectivity index (χ0v) is 26.4. The van der Waals surface area contributed by atoms with Gasteiger partial charge in [-0.2, -0.15) is 0 Å². The van der Waals surface area contributed by atoms with Gasteiger partial charge in [-0.05, 0) is 74.4 Å². The van der Waals surface area contributed by atoms with Gasteiger partial charge < -0.3 is 23.7 Å². The summed E-state index contributed by atoms with van der Waals surface area (Å²) in [6.45, 7) is 6.12. The summed E-state index contributed by atoms with van der Waals surface area (Å²) in [5.41, 5.74) is 2.48. The number of carbonyl (C=O) groups is 1. The number of fused-ring (bicyclic) bond motifs is 1. The van der Waals surface area contributed by atoms with Crippen molar-refractivity contribution in [1.82, 2.24) is 4.57 Å². The molecule has 0 radical (unpaired) electrons. The van der Waals surface area contributed by atoms with Gasteiger partial charge in [-0.3, -0.25) is 9.36 Å². The zero-order chi connectivity index (χ0) is 32.1. The van der Waals surface area contributed by atoms with Crippen LogP contribution in [0.2, 0.25) is 0 Å². The lowest BCUT2D eigenvalue weighted by Gasteiger charge is -2.26. The fourth-order valence-corrected chi connectivity index (χ4v) is 6.07. The Morgan fingerprint density at radius 1 is 0.956 bits per heavy atom. The van der Waals surface area contributed by atoms with E-state index >= 15 is 0 Å². The van der Waals surface area contributed by atoms with Gasteiger partial charge in [-0.25, -0.2) is 14.2 Å². The van der Waals surface area contributed by atoms with E-state index in [1.807, 2.05) is 13.0 Å². The first-order valence-corrected chi connectivity index (χ1v) is 15.1. The molecular weight excluding hydrogens is 599 g/mol. The van der Waals surface area contributed by atoms with Crippen molar-refractivity contribution in [3.05, 3.63) is 114 Å². The minimum absolute atomic E-state index is 0.165. The first-order valence-electron chi connectivity index (χ1n) is 14.3. The third-order valence-electron chi connectivity index (χ3n) is 7.13. The Morgan fingerprint density at radius 2 is 1.73 bits per heavy atom. The van der Waals surface area contributed by atoms with Crippen LogP contribution >= 0.6 is 11.3 Å². The van der Waals surface area contributed by atoms with Crippen molar-refractivity contribution in [3.8, 4) is 23.0 Å². The predicted molar refractivity (Wildman–Crippen MR) is 168 cm³/mol. The van der Waals surface area contributed by atoms with Gasteiger partial charge in [-0.1, -0.05) is 29.5 Å². The van der Waals surface area contributed by atoms with Crippen LogP contribution in [-0.2, 0) is 16.1 Å². The van der Waals surface area contributed by atoms with Crippen LogP contribution < -0.4 is 33.8 Å². The second kappa shape index (κ2) is 13.8. The molecule has 1 atom stereocenters. The quantitative estimate of drug-likeness (QED) is 0.216. The van der Waals surface area contributed by atoms with Crippen LogP contribution in [0.3, 0.4) is 0 Å². The molecule has 234 valence electrons. The molecule has 1 unspecified atom stereocenters. The number of esters is 1. The molecule has 0 spiro atoms. The Morgan fingerprint density at radius 3 is 2.42 bits per heavy atom. The third-order valence-corrected chi connectivity index (χ3v) is 8.11. The van der Waals surface area contributed by atoms with E-state index in [2.05, 4.69) is 4.99 Å². The molecule has 0 saturated heterocycles. The summed E-state index contributed by atoms with van der Waals surface area (Å²) in [4.78, 5) is 32.4. The molecule has 1 aromatic heterocycles. The van der Waals surface area contributed by atoms with E-state index in [9.17, 15) is 14.0 Å². The molecule has 2 heterocycles. The number of thiazole rings is 1. The monoisotopic (exact) mass is 632 g/mol. The molecule has 1 aliphatic heterocycles. The highest BCUT2D eigenvalue weighted by Gasteiger charge is 2.35. The van der Waals surface area contributed by atoms with E-state index in [0.717, 1.165) is 5.56 Å². The van der Waals surface area contributed by atoms with Crippen LogP contribution in [-0.4, -0.2) is 38.0 Å². The second-order valence-corrected chi connectivity index (χ2v) is 11.0. The summed E-state index contributed by atoms with van der Waals surface area (Å²) >= 11 is 1.21. The van der Waals surface area contributed by atoms with Crippen molar-refractivity contribution < 1.29 is 32.9 Å². The Bertz CT molecular complexity index is 1930. The normalized spacial score (nSPS) is 14.4. The summed E-state index contributed by atoms with van der Waals surface area (Å²) < 4.78 is 43.5. The molecule has 11 heteroatoms. The van der Waals surface area contributed by atoms with Gasteiger partial charge in [0.1, 0.15) is 30.0 Å². The fraction of sp³-hybridized carbons (Fsp3) is 0.265. The number of rotatable bonds is 11. The number of allylic oxidation sites excluding steroid dienone is 1. The lowest BCUT2D eigenvalue weighted by atomic mass is 9.95. The summed E-state index contributed by atoms with van der Waals surface area (Å²) in [6.07, 6.45) is 1.75. The predicted octanol–water partition coefficient (Wildman–Crippen LogP) is 4.93. The van der Waals surface area contributed by atoms with Crippen molar-refractivity contribution in [3.63, 3.8) is 0 Å². The molecule has 0 amide bonds. The smallest absolute Gasteiger partial charge is 0.338 e. The number of hydrogen-bond acceptors (Lipinski definition) is 9. The molecule has 45 heavy (non-hydrogen) atoms. The van der Waals surface area contributed by atoms with Gasteiger partial charge in [0, 0.05) is 11.6 Å². The summed E-state index contributed by atoms with van der Waals surface area (Å²) in [5.74, 6) is 1.15. The van der Waals surface area contributed by atoms with Gasteiger partial charge >= 0.3 is 5.97 Å². The number of hydrogen-bond donors (Lipinski definition) is 0. The number of carbonyl (C=O) groups excluding carboxylic acids is 1. The lowest BCUT2D eigenvalue weighted by molar-refractivity contribution is -0.139. The number of halogens is 1. The maximum atomic E-state index is 14.1. The van der Waals surface area contributed by atoms with Gasteiger partial charge in [0.25, 0.3) is 5.56 Å². The number of ether oxygens (including phenoxy) is 5. The number of methoxy groups -OCH3 is 2. The topological polar surface area (TPSA) is 97.6 Å². The maximum Gasteiger partial charge on any atom is 0.338 e. The molecule has 0 bridgehead atoms. The van der Waals surface area contributed by atoms with Crippen molar-refractivity contribution in [2.75, 3.05) is 27.4 Å². The number of aromatic nitrogens is 1. The molecule has 5 rings (SSSR count). The van der Waals surface area contributed by atoms with Crippen molar-refractivity contribution in [1.29, 1.82) is 0 Å². The van der Waals surface area contributed by atoms with Crippen molar-refractivity contribution in [2.24, 2.45) is 4.99 Å². The van der Waals surface area contributed by atoms with Gasteiger partial charge in [0.15, 0.2) is 16.3 Å². The zero-order valence-electron chi connectivity index (χ0n) is 25.6. The van der Waals surface area contributed by atoms with Crippen LogP contribution in [0.4, 0.5) is 4.39 Å². The molecule has 0 aliphatic carbocycles. The summed E-state index contributed by atoms with van der Waals surface area (Å²) in [5, 5.41) is 0. The first-order chi connectivity index (χ1) is 21.8. The molecule has 1 aliphatic rings. The van der Waals surface area contributed by atoms with E-state index in [0.29, 0.717) is 55.8 Å². The average Bonchev–Trinajstić information content (AvgIpc) is 3.34. The van der Waals surface area contributed by atoms with E-state index in [4.69, 9.17) is 23.7 Å². The van der Waals surface area contributed by atoms with E-state index in [1.165, 1.54) is 35.1 Å². The highest BCUT2D eigenvalue weighted by atomic mass is 32.1. The standard InChI is InChI=1S/C34H33FN2O7S/c1-6-42-28-16-22(10-15-26(28)44-19-21-8-11-23(35)12-9-21)17-29-32(38)37-31(25-14-13-24(40-4)18-27(25)41-5)30(33(39)43-7-2)20(3)36-34(37)45-29/h8-18,31H,6-7,19H2,1-5H3. The van der Waals surface area contributed by atoms with Crippen LogP contribution in [0, 0.1) is 5.82 Å². The highest BCUT2D eigenvalue weighted by Crippen LogP contribution is 2.37. The van der Waals surface area contributed by atoms with Crippen LogP contribution in [0.1, 0.15) is 43.5 Å². The number of benzene rings is 3. The molecule has 9 nitrogen and oxygen atoms in total. The van der Waals surface area contributed by atoms with Gasteiger partial charge in [0.05, 0.1) is 43.2 Å². The largest absolute Gasteiger partial charge is 0.497 e. The Hall–Kier alpha value is -4.90. The maximum absolute atomic E-state index is 14.1. The minimum atomic E-state index is -0.843. The van der Waals surface area contributed by atoms with Crippen LogP contribution in [0.25, 0.3) is 6.08 Å². The van der Waals surface area contributed by atoms with Crippen LogP contribution in [0.15, 0.2) is 81.7 Å². The van der Waals surface area contributed by atoms with E-state index in [-0.39, 0.29) is 30.2 Å². The van der Waals surface area contributed by atoms with Crippen LogP contribution in [0.5, 0.6) is 23.0 Å². The molecule has 0 N–H and O–H groups in total. The second-order valence-electron chi connectivity index (χ2n) is 9.96. The summed E-state index contributed by atoms with van der Waals surface area (Å²) in [6, 6.07) is 15.9. The molecule has 0 saturated carbocycles. The van der Waals surface area contributed by atoms with E-state index < -0.39 is 12.0 Å². The molecular formula is C34H33FN2O7S. The highest BCUT2D eigenvalue weighted by molar-refractivity contribution is 7.07. The van der Waals surface area contributed by atoms with Gasteiger partial charge in [-0.15, -0.1) is 0 Å². The molecule has 3 aromatic carbocycles. The third kappa shape index (κ3) is 6.63.